The molecule has 6 rings (SSSR count). The number of nitrogens with zero attached hydrogens (tertiary/aromatic N) is 3. The Bertz CT molecular complexity index is 2360. The topological polar surface area (TPSA) is 193 Å². The molecule has 0 saturated carbocycles. The van der Waals surface area contributed by atoms with E-state index in [0.29, 0.717) is 37.2 Å². The van der Waals surface area contributed by atoms with Gasteiger partial charge >= 0.3 is 23.9 Å². The van der Waals surface area contributed by atoms with Crippen LogP contribution in [0.3, 0.4) is 0 Å². The summed E-state index contributed by atoms with van der Waals surface area (Å²) in [6.45, 7) is 3.21. The van der Waals surface area contributed by atoms with E-state index in [4.69, 9.17) is 30.1 Å². The largest absolute Gasteiger partial charge is 0.508 e. The van der Waals surface area contributed by atoms with E-state index in [0.717, 1.165) is 23.0 Å². The predicted molar refractivity (Wildman–Crippen MR) is 204 cm³/mol. The molecule has 3 aromatic rings. The van der Waals surface area contributed by atoms with Crippen molar-refractivity contribution in [1.29, 1.82) is 0 Å². The molecule has 2 atom stereocenters. The Labute approximate surface area is 328 Å². The number of benzene rings is 2. The minimum absolute atomic E-state index is 0.00409. The normalized spacial score (nSPS) is 18.3. The van der Waals surface area contributed by atoms with Gasteiger partial charge in [-0.25, -0.2) is 22.8 Å². The van der Waals surface area contributed by atoms with Crippen molar-refractivity contribution in [2.75, 3.05) is 39.5 Å². The van der Waals surface area contributed by atoms with Crippen LogP contribution in [0.2, 0.25) is 0 Å². The SMILES string of the molecule is C#Cc1ccc(CN(CCOC(=O)OCC2=C(OC(C)=O)C[C@H](n3cc(C)c(=O)[nH]c3=O)O2)CC2CCCCN2C(=O)OCC2=Cc3ccccc3S2(=O)=O)cc1. The number of sulfone groups is 1. The number of carbonyl (C=O) groups is 3. The molecule has 17 heteroatoms. The van der Waals surface area contributed by atoms with E-state index in [1.807, 2.05) is 29.2 Å². The van der Waals surface area contributed by atoms with Crippen molar-refractivity contribution in [3.63, 3.8) is 0 Å². The third-order valence-electron chi connectivity index (χ3n) is 9.69. The van der Waals surface area contributed by atoms with Crippen molar-refractivity contribution in [2.45, 2.75) is 63.2 Å². The molecule has 0 aliphatic carbocycles. The van der Waals surface area contributed by atoms with Crippen LogP contribution in [0, 0.1) is 19.3 Å². The van der Waals surface area contributed by atoms with Gasteiger partial charge in [0.25, 0.3) is 5.56 Å². The second-order valence-electron chi connectivity index (χ2n) is 13.7. The number of rotatable bonds is 13. The molecule has 4 heterocycles. The van der Waals surface area contributed by atoms with Gasteiger partial charge in [0.1, 0.15) is 13.2 Å². The summed E-state index contributed by atoms with van der Waals surface area (Å²) in [5.41, 5.74) is 1.17. The molecule has 57 heavy (non-hydrogen) atoms. The quantitative estimate of drug-likeness (QED) is 0.148. The highest BCUT2D eigenvalue weighted by Crippen LogP contribution is 2.34. The highest BCUT2D eigenvalue weighted by molar-refractivity contribution is 7.95. The van der Waals surface area contributed by atoms with Gasteiger partial charge in [-0.3, -0.25) is 24.0 Å². The Morgan fingerprint density at radius 2 is 1.81 bits per heavy atom. The maximum absolute atomic E-state index is 13.5. The molecule has 0 radical (unpaired) electrons. The Hall–Kier alpha value is -6.12. The van der Waals surface area contributed by atoms with Crippen LogP contribution in [0.1, 0.15) is 61.1 Å². The van der Waals surface area contributed by atoms with Crippen LogP contribution in [0.25, 0.3) is 6.08 Å². The molecule has 0 bridgehead atoms. The van der Waals surface area contributed by atoms with E-state index in [-0.39, 0.29) is 52.5 Å². The van der Waals surface area contributed by atoms with Crippen LogP contribution in [0.5, 0.6) is 0 Å². The number of hydrogen-bond acceptors (Lipinski definition) is 13. The lowest BCUT2D eigenvalue weighted by Gasteiger charge is -2.38. The number of nitrogens with one attached hydrogen (secondary N) is 1. The number of fused-ring (bicyclic) bond motifs is 1. The molecule has 300 valence electrons. The van der Waals surface area contributed by atoms with Gasteiger partial charge in [-0.1, -0.05) is 36.3 Å². The van der Waals surface area contributed by atoms with Gasteiger partial charge in [0.2, 0.25) is 9.84 Å². The Morgan fingerprint density at radius 1 is 1.04 bits per heavy atom. The number of piperidine rings is 1. The number of terminal acetylenes is 1. The van der Waals surface area contributed by atoms with Crippen LogP contribution in [0.4, 0.5) is 9.59 Å². The number of hydrogen-bond donors (Lipinski definition) is 1. The summed E-state index contributed by atoms with van der Waals surface area (Å²) < 4.78 is 54.5. The first-order valence-electron chi connectivity index (χ1n) is 18.3. The molecule has 3 aliphatic rings. The van der Waals surface area contributed by atoms with E-state index in [2.05, 4.69) is 10.9 Å². The molecular formula is C40H42N4O12S. The number of H-pyrrole nitrogens is 1. The van der Waals surface area contributed by atoms with Crippen LogP contribution < -0.4 is 11.2 Å². The van der Waals surface area contributed by atoms with Crippen LogP contribution in [-0.4, -0.2) is 91.5 Å². The third kappa shape index (κ3) is 9.83. The molecule has 2 aromatic carbocycles. The smallest absolute Gasteiger partial charge is 0.467 e. The van der Waals surface area contributed by atoms with Gasteiger partial charge in [0.15, 0.2) is 24.4 Å². The first-order chi connectivity index (χ1) is 27.3. The highest BCUT2D eigenvalue weighted by atomic mass is 32.2. The monoisotopic (exact) mass is 802 g/mol. The van der Waals surface area contributed by atoms with Crippen LogP contribution in [0.15, 0.2) is 85.6 Å². The number of amides is 1. The van der Waals surface area contributed by atoms with Crippen molar-refractivity contribution in [3.8, 4) is 12.3 Å². The predicted octanol–water partition coefficient (Wildman–Crippen LogP) is 3.99. The standard InChI is InChI=1S/C40H42N4O12S/c1-4-28-12-14-29(15-13-28)22-42(23-31-10-7-8-16-43(31)39(48)53-24-32-19-30-9-5-6-11-35(30)57(32,50)51)17-18-52-40(49)54-25-34-33(55-27(3)45)20-36(56-34)44-21-26(2)37(46)41-38(44)47/h1,5-6,9,11-15,19,21,31,36H,7-8,10,16-18,20,22-25H2,2-3H3,(H,41,46,47)/t31?,36-/m1/s1. The number of aromatic nitrogens is 2. The molecule has 1 unspecified atom stereocenters. The van der Waals surface area contributed by atoms with Gasteiger partial charge in [0, 0.05) is 56.5 Å². The van der Waals surface area contributed by atoms with Crippen molar-refractivity contribution >= 4 is 34.1 Å². The molecule has 1 aromatic heterocycles. The molecule has 3 aliphatic heterocycles. The zero-order valence-corrected chi connectivity index (χ0v) is 32.2. The maximum Gasteiger partial charge on any atom is 0.508 e. The number of aryl methyl sites for hydroxylation is 1. The molecule has 16 nitrogen and oxygen atoms in total. The molecule has 1 amide bonds. The summed E-state index contributed by atoms with van der Waals surface area (Å²) in [6, 6.07) is 13.7. The van der Waals surface area contributed by atoms with Gasteiger partial charge in [-0.05, 0) is 61.6 Å². The summed E-state index contributed by atoms with van der Waals surface area (Å²) in [4.78, 5) is 68.3. The second-order valence-corrected chi connectivity index (χ2v) is 15.7. The van der Waals surface area contributed by atoms with Crippen molar-refractivity contribution in [3.05, 3.63) is 114 Å². The molecule has 1 saturated heterocycles. The Morgan fingerprint density at radius 3 is 2.54 bits per heavy atom. The van der Waals surface area contributed by atoms with Gasteiger partial charge in [0.05, 0.1) is 16.2 Å². The highest BCUT2D eigenvalue weighted by Gasteiger charge is 2.34. The number of likely N-dealkylation sites (tertiary alicyclic amines) is 1. The zero-order valence-electron chi connectivity index (χ0n) is 31.4. The van der Waals surface area contributed by atoms with Crippen LogP contribution >= 0.6 is 0 Å². The maximum atomic E-state index is 13.5. The average molecular weight is 803 g/mol. The molecule has 0 spiro atoms. The third-order valence-corrected chi connectivity index (χ3v) is 11.6. The lowest BCUT2D eigenvalue weighted by molar-refractivity contribution is -0.137. The summed E-state index contributed by atoms with van der Waals surface area (Å²) in [5, 5.41) is 0. The lowest BCUT2D eigenvalue weighted by atomic mass is 10.0. The molecule has 1 fully saturated rings. The Kier molecular flexibility index (Phi) is 12.6. The number of ether oxygens (including phenoxy) is 5. The fraction of sp³-hybridized carbons (Fsp3) is 0.375. The Balaban J connectivity index is 1.07. The second kappa shape index (κ2) is 17.8. The van der Waals surface area contributed by atoms with E-state index < -0.39 is 58.7 Å². The van der Waals surface area contributed by atoms with E-state index in [1.54, 1.807) is 23.1 Å². The summed E-state index contributed by atoms with van der Waals surface area (Å²) >= 11 is 0. The minimum atomic E-state index is -3.76. The number of carbonyl (C=O) groups excluding carboxylic acids is 3. The van der Waals surface area contributed by atoms with Gasteiger partial charge in [-0.2, -0.15) is 0 Å². The summed E-state index contributed by atoms with van der Waals surface area (Å²) in [6.07, 6.45) is 7.99. The van der Waals surface area contributed by atoms with E-state index in [9.17, 15) is 32.4 Å². The first-order valence-corrected chi connectivity index (χ1v) is 19.8. The van der Waals surface area contributed by atoms with Crippen molar-refractivity contribution in [2.24, 2.45) is 0 Å². The minimum Gasteiger partial charge on any atom is -0.467 e. The van der Waals surface area contributed by atoms with Gasteiger partial charge in [-0.15, -0.1) is 6.42 Å². The van der Waals surface area contributed by atoms with Gasteiger partial charge < -0.3 is 28.6 Å². The summed E-state index contributed by atoms with van der Waals surface area (Å²) in [5.74, 6) is 1.99. The fourth-order valence-corrected chi connectivity index (χ4v) is 8.28. The van der Waals surface area contributed by atoms with Crippen LogP contribution in [-0.2, 0) is 44.9 Å². The van der Waals surface area contributed by atoms with Crippen molar-refractivity contribution < 1.29 is 46.5 Å². The zero-order chi connectivity index (χ0) is 40.7. The molecule has 1 N–H and O–H groups in total. The lowest BCUT2D eigenvalue weighted by Crippen LogP contribution is -2.50. The van der Waals surface area contributed by atoms with E-state index in [1.165, 1.54) is 32.2 Å². The number of esters is 1. The number of aromatic amines is 1. The summed E-state index contributed by atoms with van der Waals surface area (Å²) in [7, 11) is -3.76. The van der Waals surface area contributed by atoms with E-state index >= 15 is 0 Å². The fourth-order valence-electron chi connectivity index (χ4n) is 6.81. The van der Waals surface area contributed by atoms with Crippen molar-refractivity contribution in [1.82, 2.24) is 19.4 Å². The first kappa shape index (κ1) is 40.5. The average Bonchev–Trinajstić information content (AvgIpc) is 3.70. The molecular weight excluding hydrogens is 761 g/mol.